The van der Waals surface area contributed by atoms with Gasteiger partial charge in [0.1, 0.15) is 0 Å². The monoisotopic (exact) mass is 706 g/mol. The predicted molar refractivity (Wildman–Crippen MR) is 230 cm³/mol. The molecule has 8 aromatic carbocycles. The zero-order valence-corrected chi connectivity index (χ0v) is 30.2. The molecule has 0 saturated heterocycles. The van der Waals surface area contributed by atoms with E-state index in [4.69, 9.17) is 13.4 Å². The van der Waals surface area contributed by atoms with E-state index < -0.39 is 11.5 Å². The Hall–Kier alpha value is -7.15. The minimum atomic E-state index is -0.402. The van der Waals surface area contributed by atoms with Gasteiger partial charge in [-0.05, 0) is 104 Å². The maximum Gasteiger partial charge on any atom is 0.204 e. The summed E-state index contributed by atoms with van der Waals surface area (Å²) in [6, 6.07) is 48.6. The van der Waals surface area contributed by atoms with E-state index in [1.807, 2.05) is 42.5 Å². The van der Waals surface area contributed by atoms with Gasteiger partial charge in [-0.1, -0.05) is 135 Å². The maximum atomic E-state index is 8.88. The average Bonchev–Trinajstić information content (AvgIpc) is 3.88. The standard InChI is InChI=1S/C52H35N3/c1-52(2)43-28-26-36(32-42(43)49-37(21-14-22-44(49)52)33-15-6-4-7-16-33)55-45-23-12-10-19-39(45)41-31-34(25-29-47(41)55)38-27-30-48-50(51(38)53-3)40-20-11-13-24-46(40)54(48)35-17-8-5-9-18-35/h4-32H,1-2H3/i4D,6D,7D,15D,16D. The molecule has 3 heteroatoms. The molecule has 3 nitrogen and oxygen atoms in total. The Morgan fingerprint density at radius 2 is 1.20 bits per heavy atom. The molecule has 0 bridgehead atoms. The minimum absolute atomic E-state index is 0.206. The van der Waals surface area contributed by atoms with Crippen LogP contribution < -0.4 is 0 Å². The maximum absolute atomic E-state index is 8.88. The van der Waals surface area contributed by atoms with Gasteiger partial charge in [0, 0.05) is 38.5 Å². The first-order chi connectivity index (χ1) is 29.1. The van der Waals surface area contributed by atoms with Gasteiger partial charge in [-0.3, -0.25) is 0 Å². The van der Waals surface area contributed by atoms with Gasteiger partial charge in [-0.15, -0.1) is 0 Å². The molecule has 0 amide bonds. The second-order valence-corrected chi connectivity index (χ2v) is 14.8. The summed E-state index contributed by atoms with van der Waals surface area (Å²) >= 11 is 0. The van der Waals surface area contributed by atoms with Crippen LogP contribution in [0.2, 0.25) is 0 Å². The van der Waals surface area contributed by atoms with Crippen LogP contribution in [-0.2, 0) is 5.41 Å². The Bertz CT molecular complexity index is 3510. The van der Waals surface area contributed by atoms with Crippen molar-refractivity contribution in [1.29, 1.82) is 0 Å². The van der Waals surface area contributed by atoms with Gasteiger partial charge in [0.05, 0.1) is 30.0 Å². The van der Waals surface area contributed by atoms with Crippen LogP contribution in [0.3, 0.4) is 0 Å². The molecule has 0 saturated carbocycles. The third kappa shape index (κ3) is 4.43. The van der Waals surface area contributed by atoms with E-state index in [-0.39, 0.29) is 29.7 Å². The number of para-hydroxylation sites is 3. The Morgan fingerprint density at radius 1 is 0.509 bits per heavy atom. The summed E-state index contributed by atoms with van der Waals surface area (Å²) in [4.78, 5) is 4.22. The van der Waals surface area contributed by atoms with Crippen LogP contribution in [0, 0.1) is 6.57 Å². The van der Waals surface area contributed by atoms with Gasteiger partial charge in [-0.2, -0.15) is 0 Å². The highest BCUT2D eigenvalue weighted by molar-refractivity contribution is 6.19. The first-order valence-corrected chi connectivity index (χ1v) is 18.5. The van der Waals surface area contributed by atoms with Crippen LogP contribution in [-0.4, -0.2) is 9.13 Å². The molecule has 2 heterocycles. The molecule has 0 unspecified atom stereocenters. The van der Waals surface area contributed by atoms with Crippen LogP contribution >= 0.6 is 0 Å². The van der Waals surface area contributed by atoms with E-state index in [1.165, 1.54) is 0 Å². The van der Waals surface area contributed by atoms with Crippen LogP contribution in [0.25, 0.3) is 93.2 Å². The average molecular weight is 707 g/mol. The van der Waals surface area contributed by atoms with Crippen molar-refractivity contribution >= 4 is 49.3 Å². The van der Waals surface area contributed by atoms with Crippen molar-refractivity contribution < 1.29 is 6.85 Å². The third-order valence-corrected chi connectivity index (χ3v) is 11.6. The normalized spacial score (nSPS) is 14.3. The Labute approximate surface area is 326 Å². The molecule has 11 rings (SSSR count). The van der Waals surface area contributed by atoms with Crippen molar-refractivity contribution in [1.82, 2.24) is 9.13 Å². The molecule has 0 N–H and O–H groups in total. The first kappa shape index (κ1) is 26.6. The van der Waals surface area contributed by atoms with Crippen LogP contribution in [0.15, 0.2) is 176 Å². The summed E-state index contributed by atoms with van der Waals surface area (Å²) in [5.74, 6) is 0. The highest BCUT2D eigenvalue weighted by Crippen LogP contribution is 2.53. The second kappa shape index (κ2) is 11.7. The van der Waals surface area contributed by atoms with E-state index in [1.54, 1.807) is 0 Å². The molecule has 1 aliphatic carbocycles. The Balaban J connectivity index is 1.12. The van der Waals surface area contributed by atoms with Gasteiger partial charge < -0.3 is 9.13 Å². The van der Waals surface area contributed by atoms with Gasteiger partial charge in [-0.25, -0.2) is 4.85 Å². The lowest BCUT2D eigenvalue weighted by Gasteiger charge is -2.22. The van der Waals surface area contributed by atoms with Crippen molar-refractivity contribution in [3.8, 4) is 44.8 Å². The van der Waals surface area contributed by atoms with E-state index in [2.05, 4.69) is 131 Å². The molecule has 0 atom stereocenters. The largest absolute Gasteiger partial charge is 0.311 e. The van der Waals surface area contributed by atoms with E-state index >= 15 is 0 Å². The minimum Gasteiger partial charge on any atom is -0.311 e. The van der Waals surface area contributed by atoms with Gasteiger partial charge in [0.25, 0.3) is 0 Å². The van der Waals surface area contributed by atoms with Crippen LogP contribution in [0.4, 0.5) is 5.69 Å². The number of nitrogens with zero attached hydrogens (tertiary/aromatic N) is 3. The molecule has 1 aliphatic rings. The number of hydrogen-bond acceptors (Lipinski definition) is 0. The molecule has 10 aromatic rings. The fraction of sp³-hybridized carbons (Fsp3) is 0.0577. The highest BCUT2D eigenvalue weighted by atomic mass is 15.0. The summed E-state index contributed by atoms with van der Waals surface area (Å²) in [5.41, 5.74) is 13.0. The Morgan fingerprint density at radius 3 is 2.00 bits per heavy atom. The predicted octanol–water partition coefficient (Wildman–Crippen LogP) is 14.1. The lowest BCUT2D eigenvalue weighted by atomic mass is 9.82. The SMILES string of the molecule is [2H]c1c([2H])c([2H])c(-c2cccc3c2-c2cc(-n4c5ccccc5c5cc(-c6ccc7c(c6[N+]#[C-])c6ccccc6n7-c6ccccc6)ccc54)ccc2C3(C)C)c([2H])c1[2H]. The summed E-state index contributed by atoms with van der Waals surface area (Å²) in [6.07, 6.45) is 0. The summed E-state index contributed by atoms with van der Waals surface area (Å²) in [7, 11) is 0. The van der Waals surface area contributed by atoms with Gasteiger partial charge in [0.2, 0.25) is 5.69 Å². The third-order valence-electron chi connectivity index (χ3n) is 11.6. The quantitative estimate of drug-likeness (QED) is 0.162. The summed E-state index contributed by atoms with van der Waals surface area (Å²) < 4.78 is 47.4. The summed E-state index contributed by atoms with van der Waals surface area (Å²) in [5, 5.41) is 4.13. The zero-order valence-electron chi connectivity index (χ0n) is 35.2. The number of fused-ring (bicyclic) bond motifs is 9. The first-order valence-electron chi connectivity index (χ1n) is 21.0. The van der Waals surface area contributed by atoms with E-state index in [0.29, 0.717) is 11.3 Å². The topological polar surface area (TPSA) is 14.2 Å². The molecule has 0 fully saturated rings. The molecule has 2 aromatic heterocycles. The molecular weight excluding hydrogens is 667 g/mol. The van der Waals surface area contributed by atoms with Crippen LogP contribution in [0.1, 0.15) is 31.8 Å². The number of rotatable bonds is 4. The molecular formula is C52H35N3. The fourth-order valence-corrected chi connectivity index (χ4v) is 9.19. The van der Waals surface area contributed by atoms with Crippen molar-refractivity contribution in [2.24, 2.45) is 0 Å². The van der Waals surface area contributed by atoms with Crippen molar-refractivity contribution in [2.45, 2.75) is 19.3 Å². The molecule has 0 aliphatic heterocycles. The smallest absolute Gasteiger partial charge is 0.204 e. The van der Waals surface area contributed by atoms with Crippen LogP contribution in [0.5, 0.6) is 0 Å². The van der Waals surface area contributed by atoms with Crippen molar-refractivity contribution in [2.75, 3.05) is 0 Å². The highest BCUT2D eigenvalue weighted by Gasteiger charge is 2.37. The second-order valence-electron chi connectivity index (χ2n) is 14.8. The lowest BCUT2D eigenvalue weighted by Crippen LogP contribution is -2.15. The van der Waals surface area contributed by atoms with Gasteiger partial charge >= 0.3 is 0 Å². The van der Waals surface area contributed by atoms with E-state index in [9.17, 15) is 0 Å². The molecule has 55 heavy (non-hydrogen) atoms. The summed E-state index contributed by atoms with van der Waals surface area (Å²) in [6.45, 7) is 12.9. The number of hydrogen-bond donors (Lipinski definition) is 0. The van der Waals surface area contributed by atoms with E-state index in [0.717, 1.165) is 88.4 Å². The lowest BCUT2D eigenvalue weighted by molar-refractivity contribution is 0.660. The Kier molecular flexibility index (Phi) is 5.64. The van der Waals surface area contributed by atoms with Crippen molar-refractivity contribution in [3.63, 3.8) is 0 Å². The van der Waals surface area contributed by atoms with Gasteiger partial charge in [0.15, 0.2) is 0 Å². The van der Waals surface area contributed by atoms with Crippen molar-refractivity contribution in [3.05, 3.63) is 198 Å². The number of aromatic nitrogens is 2. The number of benzene rings is 8. The molecule has 0 spiro atoms. The molecule has 258 valence electrons. The zero-order chi connectivity index (χ0) is 41.2. The fourth-order valence-electron chi connectivity index (χ4n) is 9.19. The molecule has 0 radical (unpaired) electrons.